The number of hydrogen-bond donors (Lipinski definition) is 0. The Kier molecular flexibility index (Phi) is 4.97. The van der Waals surface area contributed by atoms with Gasteiger partial charge in [-0.15, -0.1) is 10.2 Å². The topological polar surface area (TPSA) is 80.7 Å². The summed E-state index contributed by atoms with van der Waals surface area (Å²) in [6.07, 6.45) is 2.23. The number of pyridine rings is 1. The van der Waals surface area contributed by atoms with E-state index in [4.69, 9.17) is 9.47 Å². The highest BCUT2D eigenvalue weighted by Gasteiger charge is 2.30. The maximum atomic E-state index is 12.7. The number of methoxy groups -OCH3 is 1. The summed E-state index contributed by atoms with van der Waals surface area (Å²) >= 11 is 0. The molecule has 0 spiro atoms. The summed E-state index contributed by atoms with van der Waals surface area (Å²) < 4.78 is 11.0. The highest BCUT2D eigenvalue weighted by molar-refractivity contribution is 5.96. The van der Waals surface area contributed by atoms with Crippen molar-refractivity contribution < 1.29 is 14.3 Å². The fourth-order valence-corrected chi connectivity index (χ4v) is 2.68. The van der Waals surface area contributed by atoms with Gasteiger partial charge in [0.15, 0.2) is 5.82 Å². The SMILES string of the molecule is COc1ncccc1C(=O)N1CCC(Oc2ccc(N(C)C)nn2)C1. The van der Waals surface area contributed by atoms with E-state index in [9.17, 15) is 4.79 Å². The van der Waals surface area contributed by atoms with Crippen molar-refractivity contribution in [3.63, 3.8) is 0 Å². The van der Waals surface area contributed by atoms with Gasteiger partial charge in [0, 0.05) is 39.3 Å². The summed E-state index contributed by atoms with van der Waals surface area (Å²) in [6, 6.07) is 7.08. The second-order valence-corrected chi connectivity index (χ2v) is 5.96. The molecule has 0 bridgehead atoms. The Morgan fingerprint density at radius 2 is 2.12 bits per heavy atom. The largest absolute Gasteiger partial charge is 0.480 e. The Morgan fingerprint density at radius 1 is 1.28 bits per heavy atom. The van der Waals surface area contributed by atoms with Crippen molar-refractivity contribution in [1.29, 1.82) is 0 Å². The third-order valence-electron chi connectivity index (χ3n) is 4.00. The molecule has 25 heavy (non-hydrogen) atoms. The lowest BCUT2D eigenvalue weighted by atomic mass is 10.2. The van der Waals surface area contributed by atoms with Crippen molar-refractivity contribution in [1.82, 2.24) is 20.1 Å². The fraction of sp³-hybridized carbons (Fsp3) is 0.412. The highest BCUT2D eigenvalue weighted by atomic mass is 16.5. The van der Waals surface area contributed by atoms with Crippen molar-refractivity contribution in [3.8, 4) is 11.8 Å². The van der Waals surface area contributed by atoms with Gasteiger partial charge in [-0.2, -0.15) is 0 Å². The Bertz CT molecular complexity index is 735. The van der Waals surface area contributed by atoms with Crippen molar-refractivity contribution in [2.45, 2.75) is 12.5 Å². The van der Waals surface area contributed by atoms with E-state index in [1.54, 1.807) is 29.3 Å². The molecule has 1 atom stereocenters. The van der Waals surface area contributed by atoms with Crippen LogP contribution in [0.3, 0.4) is 0 Å². The lowest BCUT2D eigenvalue weighted by Gasteiger charge is -2.18. The average Bonchev–Trinajstić information content (AvgIpc) is 3.10. The fourth-order valence-electron chi connectivity index (χ4n) is 2.68. The molecule has 0 radical (unpaired) electrons. The number of aromatic nitrogens is 3. The zero-order valence-corrected chi connectivity index (χ0v) is 14.5. The standard InChI is InChI=1S/C17H21N5O3/c1-21(2)14-6-7-15(20-19-14)25-12-8-10-22(11-12)17(23)13-5-4-9-18-16(13)24-3/h4-7,9,12H,8,10-11H2,1-3H3. The molecule has 1 aliphatic rings. The molecule has 1 amide bonds. The quantitative estimate of drug-likeness (QED) is 0.808. The molecule has 2 aromatic rings. The van der Waals surface area contributed by atoms with Gasteiger partial charge in [-0.3, -0.25) is 4.79 Å². The zero-order valence-electron chi connectivity index (χ0n) is 14.5. The molecule has 1 aliphatic heterocycles. The van der Waals surface area contributed by atoms with Gasteiger partial charge < -0.3 is 19.3 Å². The maximum absolute atomic E-state index is 12.7. The first-order valence-corrected chi connectivity index (χ1v) is 8.04. The summed E-state index contributed by atoms with van der Waals surface area (Å²) in [7, 11) is 5.31. The average molecular weight is 343 g/mol. The molecule has 0 aliphatic carbocycles. The van der Waals surface area contributed by atoms with Crippen LogP contribution in [-0.2, 0) is 0 Å². The normalized spacial score (nSPS) is 16.6. The number of anilines is 1. The predicted molar refractivity (Wildman–Crippen MR) is 92.1 cm³/mol. The number of amides is 1. The van der Waals surface area contributed by atoms with Crippen LogP contribution in [-0.4, -0.2) is 66.4 Å². The number of nitrogens with zero attached hydrogens (tertiary/aromatic N) is 5. The monoisotopic (exact) mass is 343 g/mol. The first kappa shape index (κ1) is 16.9. The maximum Gasteiger partial charge on any atom is 0.259 e. The number of carbonyl (C=O) groups is 1. The molecule has 8 heteroatoms. The molecule has 0 saturated carbocycles. The molecule has 3 rings (SSSR count). The highest BCUT2D eigenvalue weighted by Crippen LogP contribution is 2.22. The Morgan fingerprint density at radius 3 is 2.80 bits per heavy atom. The van der Waals surface area contributed by atoms with Gasteiger partial charge in [0.2, 0.25) is 11.8 Å². The predicted octanol–water partition coefficient (Wildman–Crippen LogP) is 1.24. The molecule has 1 saturated heterocycles. The van der Waals surface area contributed by atoms with Crippen LogP contribution in [0, 0.1) is 0 Å². The van der Waals surface area contributed by atoms with Gasteiger partial charge in [-0.1, -0.05) is 0 Å². The van der Waals surface area contributed by atoms with Gasteiger partial charge >= 0.3 is 0 Å². The lowest BCUT2D eigenvalue weighted by Crippen LogP contribution is -2.31. The second kappa shape index (κ2) is 7.33. The first-order chi connectivity index (χ1) is 12.1. The summed E-state index contributed by atoms with van der Waals surface area (Å²) in [5.74, 6) is 1.45. The van der Waals surface area contributed by atoms with Gasteiger partial charge in [0.1, 0.15) is 11.7 Å². The van der Waals surface area contributed by atoms with E-state index in [1.807, 2.05) is 25.1 Å². The van der Waals surface area contributed by atoms with Crippen LogP contribution in [0.15, 0.2) is 30.5 Å². The van der Waals surface area contributed by atoms with Crippen LogP contribution in [0.4, 0.5) is 5.82 Å². The van der Waals surface area contributed by atoms with Crippen LogP contribution in [0.1, 0.15) is 16.8 Å². The van der Waals surface area contributed by atoms with Crippen LogP contribution >= 0.6 is 0 Å². The van der Waals surface area contributed by atoms with Gasteiger partial charge in [0.25, 0.3) is 5.91 Å². The summed E-state index contributed by atoms with van der Waals surface area (Å²) in [6.45, 7) is 1.11. The minimum Gasteiger partial charge on any atom is -0.480 e. The molecule has 1 unspecified atom stereocenters. The zero-order chi connectivity index (χ0) is 17.8. The van der Waals surface area contributed by atoms with E-state index >= 15 is 0 Å². The Hall–Kier alpha value is -2.90. The van der Waals surface area contributed by atoms with E-state index in [1.165, 1.54) is 7.11 Å². The van der Waals surface area contributed by atoms with E-state index < -0.39 is 0 Å². The molecule has 8 nitrogen and oxygen atoms in total. The van der Waals surface area contributed by atoms with Gasteiger partial charge in [-0.05, 0) is 18.2 Å². The third kappa shape index (κ3) is 3.78. The third-order valence-corrected chi connectivity index (χ3v) is 4.00. The molecular weight excluding hydrogens is 322 g/mol. The van der Waals surface area contributed by atoms with Gasteiger partial charge in [0.05, 0.1) is 13.7 Å². The lowest BCUT2D eigenvalue weighted by molar-refractivity contribution is 0.0766. The number of likely N-dealkylation sites (tertiary alicyclic amines) is 1. The number of ether oxygens (including phenoxy) is 2. The molecule has 0 aromatic carbocycles. The van der Waals surface area contributed by atoms with Crippen LogP contribution in [0.2, 0.25) is 0 Å². The number of rotatable bonds is 5. The summed E-state index contributed by atoms with van der Waals surface area (Å²) in [5, 5.41) is 8.16. The van der Waals surface area contributed by atoms with Crippen molar-refractivity contribution in [3.05, 3.63) is 36.0 Å². The van der Waals surface area contributed by atoms with Crippen molar-refractivity contribution in [2.75, 3.05) is 39.2 Å². The number of hydrogen-bond acceptors (Lipinski definition) is 7. The van der Waals surface area contributed by atoms with E-state index in [0.29, 0.717) is 30.4 Å². The molecule has 2 aromatic heterocycles. The van der Waals surface area contributed by atoms with Crippen molar-refractivity contribution in [2.24, 2.45) is 0 Å². The Labute approximate surface area is 146 Å². The molecule has 132 valence electrons. The summed E-state index contributed by atoms with van der Waals surface area (Å²) in [5.41, 5.74) is 0.459. The number of carbonyl (C=O) groups excluding carboxylic acids is 1. The molecule has 0 N–H and O–H groups in total. The van der Waals surface area contributed by atoms with Crippen molar-refractivity contribution >= 4 is 11.7 Å². The van der Waals surface area contributed by atoms with Crippen LogP contribution in [0.25, 0.3) is 0 Å². The molecular formula is C17H21N5O3. The van der Waals surface area contributed by atoms with Gasteiger partial charge in [-0.25, -0.2) is 4.98 Å². The minimum absolute atomic E-state index is 0.105. The molecule has 3 heterocycles. The van der Waals surface area contributed by atoms with E-state index in [2.05, 4.69) is 15.2 Å². The second-order valence-electron chi connectivity index (χ2n) is 5.96. The Balaban J connectivity index is 1.62. The van der Waals surface area contributed by atoms with E-state index in [0.717, 1.165) is 12.2 Å². The minimum atomic E-state index is -0.106. The smallest absolute Gasteiger partial charge is 0.259 e. The van der Waals surface area contributed by atoms with Crippen LogP contribution < -0.4 is 14.4 Å². The molecule has 1 fully saturated rings. The van der Waals surface area contributed by atoms with Crippen LogP contribution in [0.5, 0.6) is 11.8 Å². The van der Waals surface area contributed by atoms with E-state index in [-0.39, 0.29) is 12.0 Å². The first-order valence-electron chi connectivity index (χ1n) is 8.04. The summed E-state index contributed by atoms with van der Waals surface area (Å²) in [4.78, 5) is 20.3.